The Kier molecular flexibility index (Phi) is 7.32. The molecule has 0 aliphatic carbocycles. The minimum atomic E-state index is 0.0365. The molecule has 1 N–H and O–H groups in total. The summed E-state index contributed by atoms with van der Waals surface area (Å²) in [7, 11) is 0. The van der Waals surface area contributed by atoms with Gasteiger partial charge in [-0.1, -0.05) is 49.7 Å². The van der Waals surface area contributed by atoms with Crippen LogP contribution in [0.15, 0.2) is 42.5 Å². The van der Waals surface area contributed by atoms with Crippen LogP contribution in [0, 0.1) is 13.8 Å². The van der Waals surface area contributed by atoms with E-state index in [9.17, 15) is 4.79 Å². The number of benzene rings is 2. The molecule has 1 aliphatic heterocycles. The van der Waals surface area contributed by atoms with Gasteiger partial charge in [0.05, 0.1) is 12.6 Å². The normalized spacial score (nSPS) is 15.9. The van der Waals surface area contributed by atoms with Crippen LogP contribution in [0.1, 0.15) is 48.6 Å². The highest BCUT2D eigenvalue weighted by atomic mass is 16.2. The number of carbonyl (C=O) groups excluding carboxylic acids is 1. The molecule has 1 saturated heterocycles. The second-order valence-electron chi connectivity index (χ2n) is 8.26. The molecule has 0 unspecified atom stereocenters. The summed E-state index contributed by atoms with van der Waals surface area (Å²) in [4.78, 5) is 17.2. The first-order chi connectivity index (χ1) is 14.0. The Morgan fingerprint density at radius 1 is 1.03 bits per heavy atom. The number of hydrogen-bond donors (Lipinski definition) is 1. The van der Waals surface area contributed by atoms with Crippen LogP contribution in [0.25, 0.3) is 0 Å². The first kappa shape index (κ1) is 21.4. The largest absolute Gasteiger partial charge is 0.369 e. The molecule has 1 amide bonds. The number of carbonyl (C=O) groups is 1. The number of anilines is 1. The maximum absolute atomic E-state index is 12.5. The van der Waals surface area contributed by atoms with Crippen molar-refractivity contribution in [1.82, 2.24) is 10.2 Å². The number of hydrogen-bond acceptors (Lipinski definition) is 3. The molecular weight excluding hydrogens is 358 g/mol. The quantitative estimate of drug-likeness (QED) is 0.764. The second-order valence-corrected chi connectivity index (χ2v) is 8.26. The van der Waals surface area contributed by atoms with Crippen LogP contribution in [0.3, 0.4) is 0 Å². The van der Waals surface area contributed by atoms with Crippen molar-refractivity contribution in [3.63, 3.8) is 0 Å². The van der Waals surface area contributed by atoms with Crippen LogP contribution in [-0.2, 0) is 11.2 Å². The van der Waals surface area contributed by atoms with Crippen LogP contribution in [0.4, 0.5) is 5.69 Å². The van der Waals surface area contributed by atoms with E-state index in [4.69, 9.17) is 0 Å². The molecule has 4 heteroatoms. The van der Waals surface area contributed by atoms with Gasteiger partial charge in [-0.05, 0) is 55.5 Å². The average Bonchev–Trinajstić information content (AvgIpc) is 2.71. The maximum atomic E-state index is 12.5. The Balaban J connectivity index is 1.47. The van der Waals surface area contributed by atoms with Gasteiger partial charge in [-0.25, -0.2) is 0 Å². The number of piperazine rings is 1. The SMILES string of the molecule is CCCc1ccc([C@@H](C)NC(=O)CN2CCN(c3cccc(C)c3C)CC2)cc1. The Hall–Kier alpha value is -2.33. The van der Waals surface area contributed by atoms with Gasteiger partial charge in [0.15, 0.2) is 0 Å². The Morgan fingerprint density at radius 2 is 1.72 bits per heavy atom. The first-order valence-corrected chi connectivity index (χ1v) is 10.9. The lowest BCUT2D eigenvalue weighted by Crippen LogP contribution is -2.49. The standard InChI is InChI=1S/C25H35N3O/c1-5-7-22-10-12-23(13-11-22)21(4)26-25(29)18-27-14-16-28(17-15-27)24-9-6-8-19(2)20(24)3/h6,8-13,21H,5,7,14-18H2,1-4H3,(H,26,29)/t21-/m1/s1. The number of nitrogens with one attached hydrogen (secondary N) is 1. The van der Waals surface area contributed by atoms with Crippen LogP contribution in [-0.4, -0.2) is 43.5 Å². The van der Waals surface area contributed by atoms with E-state index >= 15 is 0 Å². The average molecular weight is 394 g/mol. The van der Waals surface area contributed by atoms with Crippen molar-refractivity contribution in [2.45, 2.75) is 46.6 Å². The number of amides is 1. The van der Waals surface area contributed by atoms with Gasteiger partial charge >= 0.3 is 0 Å². The predicted molar refractivity (Wildman–Crippen MR) is 122 cm³/mol. The van der Waals surface area contributed by atoms with E-state index in [2.05, 4.69) is 85.3 Å². The fourth-order valence-corrected chi connectivity index (χ4v) is 4.06. The molecule has 0 aromatic heterocycles. The van der Waals surface area contributed by atoms with Crippen LogP contribution in [0.2, 0.25) is 0 Å². The van der Waals surface area contributed by atoms with Gasteiger partial charge < -0.3 is 10.2 Å². The van der Waals surface area contributed by atoms with Crippen molar-refractivity contribution < 1.29 is 4.79 Å². The topological polar surface area (TPSA) is 35.6 Å². The molecule has 1 heterocycles. The van der Waals surface area contributed by atoms with E-state index in [1.165, 1.54) is 22.4 Å². The van der Waals surface area contributed by atoms with Crippen LogP contribution in [0.5, 0.6) is 0 Å². The smallest absolute Gasteiger partial charge is 0.234 e. The molecule has 0 saturated carbocycles. The van der Waals surface area contributed by atoms with Crippen LogP contribution >= 0.6 is 0 Å². The highest BCUT2D eigenvalue weighted by Crippen LogP contribution is 2.23. The van der Waals surface area contributed by atoms with Gasteiger partial charge in [-0.15, -0.1) is 0 Å². The van der Waals surface area contributed by atoms with E-state index in [1.54, 1.807) is 0 Å². The van der Waals surface area contributed by atoms with Crippen molar-refractivity contribution in [3.8, 4) is 0 Å². The summed E-state index contributed by atoms with van der Waals surface area (Å²) in [6.07, 6.45) is 2.26. The monoisotopic (exact) mass is 393 g/mol. The van der Waals surface area contributed by atoms with Crippen LogP contribution < -0.4 is 10.2 Å². The Bertz CT molecular complexity index is 807. The molecule has 1 atom stereocenters. The molecule has 3 rings (SSSR count). The van der Waals surface area contributed by atoms with Crippen molar-refractivity contribution in [2.75, 3.05) is 37.6 Å². The van der Waals surface area contributed by atoms with Gasteiger partial charge in [0.1, 0.15) is 0 Å². The lowest BCUT2D eigenvalue weighted by Gasteiger charge is -2.36. The third kappa shape index (κ3) is 5.60. The van der Waals surface area contributed by atoms with Gasteiger partial charge in [0.25, 0.3) is 0 Å². The van der Waals surface area contributed by atoms with Crippen molar-refractivity contribution >= 4 is 11.6 Å². The Labute approximate surface area is 175 Å². The zero-order valence-electron chi connectivity index (χ0n) is 18.4. The van der Waals surface area contributed by atoms with Crippen molar-refractivity contribution in [2.24, 2.45) is 0 Å². The van der Waals surface area contributed by atoms with Crippen molar-refractivity contribution in [1.29, 1.82) is 0 Å². The summed E-state index contributed by atoms with van der Waals surface area (Å²) in [6, 6.07) is 15.2. The van der Waals surface area contributed by atoms with E-state index in [-0.39, 0.29) is 11.9 Å². The molecule has 1 aliphatic rings. The molecule has 2 aromatic rings. The summed E-state index contributed by atoms with van der Waals surface area (Å²) in [5.74, 6) is 0.107. The lowest BCUT2D eigenvalue weighted by molar-refractivity contribution is -0.123. The van der Waals surface area contributed by atoms with Gasteiger partial charge in [-0.2, -0.15) is 0 Å². The summed E-state index contributed by atoms with van der Waals surface area (Å²) >= 11 is 0. The summed E-state index contributed by atoms with van der Waals surface area (Å²) in [5, 5.41) is 3.16. The van der Waals surface area contributed by atoms with Gasteiger partial charge in [0.2, 0.25) is 5.91 Å². The van der Waals surface area contributed by atoms with E-state index in [1.807, 2.05) is 0 Å². The zero-order valence-corrected chi connectivity index (χ0v) is 18.4. The number of rotatable bonds is 7. The lowest BCUT2D eigenvalue weighted by atomic mass is 10.0. The highest BCUT2D eigenvalue weighted by Gasteiger charge is 2.21. The first-order valence-electron chi connectivity index (χ1n) is 10.9. The molecule has 0 bridgehead atoms. The molecule has 4 nitrogen and oxygen atoms in total. The molecule has 156 valence electrons. The molecular formula is C25H35N3O. The number of nitrogens with zero attached hydrogens (tertiary/aromatic N) is 2. The maximum Gasteiger partial charge on any atom is 0.234 e. The van der Waals surface area contributed by atoms with Gasteiger partial charge in [0, 0.05) is 31.9 Å². The summed E-state index contributed by atoms with van der Waals surface area (Å²) in [5.41, 5.74) is 6.54. The minimum Gasteiger partial charge on any atom is -0.369 e. The van der Waals surface area contributed by atoms with E-state index in [0.717, 1.165) is 44.6 Å². The predicted octanol–water partition coefficient (Wildman–Crippen LogP) is 4.26. The summed E-state index contributed by atoms with van der Waals surface area (Å²) in [6.45, 7) is 12.8. The summed E-state index contributed by atoms with van der Waals surface area (Å²) < 4.78 is 0. The fraction of sp³-hybridized carbons (Fsp3) is 0.480. The zero-order chi connectivity index (χ0) is 20.8. The highest BCUT2D eigenvalue weighted by molar-refractivity contribution is 5.78. The molecule has 0 radical (unpaired) electrons. The minimum absolute atomic E-state index is 0.0365. The third-order valence-corrected chi connectivity index (χ3v) is 6.05. The fourth-order valence-electron chi connectivity index (χ4n) is 4.06. The molecule has 0 spiro atoms. The van der Waals surface area contributed by atoms with E-state index in [0.29, 0.717) is 6.54 Å². The third-order valence-electron chi connectivity index (χ3n) is 6.05. The second kappa shape index (κ2) is 9.93. The van der Waals surface area contributed by atoms with Crippen molar-refractivity contribution in [3.05, 3.63) is 64.7 Å². The molecule has 1 fully saturated rings. The van der Waals surface area contributed by atoms with E-state index < -0.39 is 0 Å². The molecule has 2 aromatic carbocycles. The molecule has 29 heavy (non-hydrogen) atoms. The Morgan fingerprint density at radius 3 is 2.38 bits per heavy atom. The van der Waals surface area contributed by atoms with Gasteiger partial charge in [-0.3, -0.25) is 9.69 Å². The number of aryl methyl sites for hydroxylation is 2.